The predicted octanol–water partition coefficient (Wildman–Crippen LogP) is 0.328. The maximum Gasteiger partial charge on any atom is 0.255 e. The van der Waals surface area contributed by atoms with E-state index in [1.54, 1.807) is 7.05 Å². The van der Waals surface area contributed by atoms with Crippen molar-refractivity contribution in [3.8, 4) is 6.07 Å². The van der Waals surface area contributed by atoms with Crippen LogP contribution in [0.15, 0.2) is 4.79 Å². The van der Waals surface area contributed by atoms with Gasteiger partial charge >= 0.3 is 0 Å². The fourth-order valence-corrected chi connectivity index (χ4v) is 2.01. The zero-order valence-electron chi connectivity index (χ0n) is 8.00. The summed E-state index contributed by atoms with van der Waals surface area (Å²) in [6.07, 6.45) is 2.53. The molecule has 4 heteroatoms. The molecule has 0 radical (unpaired) electrons. The Labute approximate surface area is 81.6 Å². The van der Waals surface area contributed by atoms with Crippen molar-refractivity contribution in [2.24, 2.45) is 7.05 Å². The van der Waals surface area contributed by atoms with E-state index >= 15 is 0 Å². The largest absolute Gasteiger partial charge is 0.384 e. The molecule has 4 nitrogen and oxygen atoms in total. The molecule has 0 spiro atoms. The second kappa shape index (κ2) is 2.88. The van der Waals surface area contributed by atoms with Gasteiger partial charge in [-0.3, -0.25) is 9.36 Å². The van der Waals surface area contributed by atoms with Gasteiger partial charge in [-0.1, -0.05) is 0 Å². The Balaban J connectivity index is 2.89. The number of aromatic nitrogens is 1. The number of hydrogen-bond donors (Lipinski definition) is 1. The zero-order valence-corrected chi connectivity index (χ0v) is 8.00. The van der Waals surface area contributed by atoms with Crippen molar-refractivity contribution in [2.45, 2.75) is 19.3 Å². The molecule has 0 fully saturated rings. The summed E-state index contributed by atoms with van der Waals surface area (Å²) in [6.45, 7) is 0. The van der Waals surface area contributed by atoms with E-state index < -0.39 is 0 Å². The predicted molar refractivity (Wildman–Crippen MR) is 52.8 cm³/mol. The SMILES string of the molecule is Cn1c(N)c(C#N)c2c(c1=O)CCC2. The molecule has 72 valence electrons. The van der Waals surface area contributed by atoms with E-state index in [9.17, 15) is 4.79 Å². The molecule has 1 aromatic rings. The van der Waals surface area contributed by atoms with Crippen molar-refractivity contribution in [2.75, 3.05) is 5.73 Å². The number of nitrogen functional groups attached to an aromatic ring is 1. The van der Waals surface area contributed by atoms with Gasteiger partial charge < -0.3 is 5.73 Å². The molecule has 1 aliphatic carbocycles. The minimum Gasteiger partial charge on any atom is -0.384 e. The topological polar surface area (TPSA) is 71.8 Å². The third-order valence-corrected chi connectivity index (χ3v) is 2.81. The molecule has 1 aromatic heterocycles. The summed E-state index contributed by atoms with van der Waals surface area (Å²) in [5.74, 6) is 0.290. The Bertz CT molecular complexity index is 494. The van der Waals surface area contributed by atoms with Gasteiger partial charge in [0.15, 0.2) is 0 Å². The molecule has 2 rings (SSSR count). The van der Waals surface area contributed by atoms with Crippen LogP contribution in [0.4, 0.5) is 5.82 Å². The Morgan fingerprint density at radius 3 is 2.71 bits per heavy atom. The molecule has 1 heterocycles. The minimum absolute atomic E-state index is 0.0472. The molecule has 0 bridgehead atoms. The van der Waals surface area contributed by atoms with E-state index in [0.717, 1.165) is 30.4 Å². The molecule has 1 aliphatic rings. The highest BCUT2D eigenvalue weighted by Crippen LogP contribution is 2.25. The molecular formula is C10H11N3O. The van der Waals surface area contributed by atoms with Crippen molar-refractivity contribution in [3.63, 3.8) is 0 Å². The van der Waals surface area contributed by atoms with Crippen LogP contribution in [0.1, 0.15) is 23.1 Å². The van der Waals surface area contributed by atoms with E-state index in [1.807, 2.05) is 0 Å². The zero-order chi connectivity index (χ0) is 10.3. The van der Waals surface area contributed by atoms with Gasteiger partial charge in [0, 0.05) is 12.6 Å². The second-order valence-electron chi connectivity index (χ2n) is 3.55. The first-order valence-electron chi connectivity index (χ1n) is 4.57. The summed E-state index contributed by atoms with van der Waals surface area (Å²) in [4.78, 5) is 11.7. The van der Waals surface area contributed by atoms with E-state index in [1.165, 1.54) is 4.57 Å². The smallest absolute Gasteiger partial charge is 0.255 e. The lowest BCUT2D eigenvalue weighted by Crippen LogP contribution is -2.25. The highest BCUT2D eigenvalue weighted by atomic mass is 16.1. The Morgan fingerprint density at radius 1 is 1.43 bits per heavy atom. The Hall–Kier alpha value is -1.76. The van der Waals surface area contributed by atoms with Crippen LogP contribution in [-0.4, -0.2) is 4.57 Å². The lowest BCUT2D eigenvalue weighted by atomic mass is 10.1. The van der Waals surface area contributed by atoms with Crippen molar-refractivity contribution >= 4 is 5.82 Å². The van der Waals surface area contributed by atoms with Crippen LogP contribution in [0.3, 0.4) is 0 Å². The normalized spacial score (nSPS) is 13.7. The molecule has 0 atom stereocenters. The number of nitrogens with zero attached hydrogens (tertiary/aromatic N) is 2. The van der Waals surface area contributed by atoms with Crippen LogP contribution >= 0.6 is 0 Å². The van der Waals surface area contributed by atoms with Gasteiger partial charge in [0.05, 0.1) is 5.56 Å². The van der Waals surface area contributed by atoms with E-state index in [-0.39, 0.29) is 11.4 Å². The highest BCUT2D eigenvalue weighted by Gasteiger charge is 2.22. The van der Waals surface area contributed by atoms with Gasteiger partial charge in [0.1, 0.15) is 11.9 Å². The summed E-state index contributed by atoms with van der Waals surface area (Å²) in [5.41, 5.74) is 7.79. The van der Waals surface area contributed by atoms with Crippen LogP contribution in [0.5, 0.6) is 0 Å². The van der Waals surface area contributed by atoms with Gasteiger partial charge in [0.2, 0.25) is 0 Å². The molecule has 0 unspecified atom stereocenters. The van der Waals surface area contributed by atoms with Crippen molar-refractivity contribution in [1.82, 2.24) is 4.57 Å². The molecule has 2 N–H and O–H groups in total. The van der Waals surface area contributed by atoms with Gasteiger partial charge in [0.25, 0.3) is 5.56 Å². The van der Waals surface area contributed by atoms with Gasteiger partial charge in [-0.25, -0.2) is 0 Å². The van der Waals surface area contributed by atoms with E-state index in [0.29, 0.717) is 5.56 Å². The van der Waals surface area contributed by atoms with E-state index in [2.05, 4.69) is 6.07 Å². The first-order valence-corrected chi connectivity index (χ1v) is 4.57. The first kappa shape index (κ1) is 8.82. The quantitative estimate of drug-likeness (QED) is 0.639. The fourth-order valence-electron chi connectivity index (χ4n) is 2.01. The third kappa shape index (κ3) is 0.956. The first-order chi connectivity index (χ1) is 6.66. The van der Waals surface area contributed by atoms with Crippen molar-refractivity contribution in [3.05, 3.63) is 27.0 Å². The van der Waals surface area contributed by atoms with Gasteiger partial charge in [-0.2, -0.15) is 5.26 Å². The van der Waals surface area contributed by atoms with Crippen LogP contribution in [0.25, 0.3) is 0 Å². The molecule has 0 aliphatic heterocycles. The average molecular weight is 189 g/mol. The third-order valence-electron chi connectivity index (χ3n) is 2.81. The van der Waals surface area contributed by atoms with Gasteiger partial charge in [-0.15, -0.1) is 0 Å². The van der Waals surface area contributed by atoms with Crippen LogP contribution in [-0.2, 0) is 19.9 Å². The van der Waals surface area contributed by atoms with Gasteiger partial charge in [-0.05, 0) is 24.8 Å². The van der Waals surface area contributed by atoms with Crippen LogP contribution in [0.2, 0.25) is 0 Å². The monoisotopic (exact) mass is 189 g/mol. The molecule has 14 heavy (non-hydrogen) atoms. The molecule has 0 saturated heterocycles. The van der Waals surface area contributed by atoms with Crippen molar-refractivity contribution < 1.29 is 0 Å². The number of nitriles is 1. The number of nitrogens with two attached hydrogens (primary N) is 1. The number of hydrogen-bond acceptors (Lipinski definition) is 3. The summed E-state index contributed by atoms with van der Waals surface area (Å²) in [5, 5.41) is 8.95. The van der Waals surface area contributed by atoms with Crippen molar-refractivity contribution in [1.29, 1.82) is 5.26 Å². The second-order valence-corrected chi connectivity index (χ2v) is 3.55. The van der Waals surface area contributed by atoms with Crippen LogP contribution < -0.4 is 11.3 Å². The molecule has 0 amide bonds. The molecule has 0 saturated carbocycles. The fraction of sp³-hybridized carbons (Fsp3) is 0.400. The number of anilines is 1. The Morgan fingerprint density at radius 2 is 2.07 bits per heavy atom. The standard InChI is InChI=1S/C10H11N3O/c1-13-9(12)8(5-11)6-3-2-4-7(6)10(13)14/h2-4,12H2,1H3. The molecule has 0 aromatic carbocycles. The summed E-state index contributed by atoms with van der Waals surface area (Å²) < 4.78 is 1.36. The Kier molecular flexibility index (Phi) is 1.81. The molecular weight excluding hydrogens is 178 g/mol. The minimum atomic E-state index is -0.0472. The van der Waals surface area contributed by atoms with Crippen LogP contribution in [0, 0.1) is 11.3 Å². The summed E-state index contributed by atoms with van der Waals surface area (Å²) >= 11 is 0. The maximum absolute atomic E-state index is 11.7. The highest BCUT2D eigenvalue weighted by molar-refractivity contribution is 5.57. The number of pyridine rings is 1. The van der Waals surface area contributed by atoms with E-state index in [4.69, 9.17) is 11.0 Å². The lowest BCUT2D eigenvalue weighted by molar-refractivity contribution is 0.845. The summed E-state index contributed by atoms with van der Waals surface area (Å²) in [7, 11) is 1.61. The maximum atomic E-state index is 11.7. The number of rotatable bonds is 0. The number of fused-ring (bicyclic) bond motifs is 1. The summed E-state index contributed by atoms with van der Waals surface area (Å²) in [6, 6.07) is 2.08. The lowest BCUT2D eigenvalue weighted by Gasteiger charge is -2.09. The average Bonchev–Trinajstić information content (AvgIpc) is 2.64.